The average Bonchev–Trinajstić information content (AvgIpc) is 3.71. The third kappa shape index (κ3) is 56.1. The number of benzene rings is 2. The lowest BCUT2D eigenvalue weighted by Crippen LogP contribution is -2.03. The summed E-state index contributed by atoms with van der Waals surface area (Å²) in [6.45, 7) is 11.8. The van der Waals surface area contributed by atoms with E-state index in [9.17, 15) is 9.90 Å². The van der Waals surface area contributed by atoms with E-state index in [0.717, 1.165) is 59.8 Å². The number of aliphatic hydroxyl groups is 1. The van der Waals surface area contributed by atoms with Crippen molar-refractivity contribution >= 4 is 17.9 Å². The molecule has 0 atom stereocenters. The molecule has 2 aromatic rings. The number of aliphatic hydroxyl groups excluding tert-OH is 1. The average molecular weight is 1290 g/mol. The molecule has 0 bridgehead atoms. The van der Waals surface area contributed by atoms with Crippen LogP contribution in [-0.2, 0) is 4.79 Å². The minimum atomic E-state index is -0.291. The van der Waals surface area contributed by atoms with Gasteiger partial charge in [-0.2, -0.15) is 0 Å². The van der Waals surface area contributed by atoms with Crippen molar-refractivity contribution in [1.29, 1.82) is 0 Å². The summed E-state index contributed by atoms with van der Waals surface area (Å²) in [6, 6.07) is 12.0. The van der Waals surface area contributed by atoms with Gasteiger partial charge in [-0.25, -0.2) is 0 Å². The molecule has 0 saturated heterocycles. The first-order valence-corrected chi connectivity index (χ1v) is 41.1. The van der Waals surface area contributed by atoms with Crippen molar-refractivity contribution in [2.24, 2.45) is 0 Å². The van der Waals surface area contributed by atoms with Gasteiger partial charge in [0.25, 0.3) is 0 Å². The van der Waals surface area contributed by atoms with Crippen molar-refractivity contribution in [2.45, 2.75) is 413 Å². The zero-order valence-corrected chi connectivity index (χ0v) is 62.1. The molecular weight excluding hydrogens is 1140 g/mol. The van der Waals surface area contributed by atoms with Gasteiger partial charge in [0.2, 0.25) is 0 Å². The highest BCUT2D eigenvalue weighted by molar-refractivity contribution is 6.02. The lowest BCUT2D eigenvalue weighted by molar-refractivity contribution is -0.110. The van der Waals surface area contributed by atoms with Gasteiger partial charge in [0.1, 0.15) is 5.76 Å². The number of ketones is 1. The summed E-state index contributed by atoms with van der Waals surface area (Å²) in [5, 5.41) is 11.0. The molecule has 0 spiro atoms. The molecule has 2 aromatic carbocycles. The summed E-state index contributed by atoms with van der Waals surface area (Å²) in [5.41, 5.74) is 1.74. The van der Waals surface area contributed by atoms with Gasteiger partial charge < -0.3 is 24.1 Å². The third-order valence-corrected chi connectivity index (χ3v) is 19.1. The third-order valence-electron chi connectivity index (χ3n) is 19.1. The Bertz CT molecular complexity index is 2000. The molecule has 6 heteroatoms. The lowest BCUT2D eigenvalue weighted by atomic mass is 10.0. The number of carbonyl (C=O) groups is 1. The summed E-state index contributed by atoms with van der Waals surface area (Å²) in [5.74, 6) is 2.62. The Hall–Kier alpha value is -3.67. The van der Waals surface area contributed by atoms with Gasteiger partial charge in [0, 0.05) is 6.08 Å². The van der Waals surface area contributed by atoms with E-state index in [4.69, 9.17) is 18.9 Å². The topological polar surface area (TPSA) is 74.2 Å². The number of ether oxygens (including phenoxy) is 4. The van der Waals surface area contributed by atoms with Gasteiger partial charge in [-0.1, -0.05) is 412 Å². The van der Waals surface area contributed by atoms with Crippen molar-refractivity contribution in [3.8, 4) is 23.0 Å². The first kappa shape index (κ1) is 85.4. The molecular formula is C87H152O6. The van der Waals surface area contributed by atoms with Gasteiger partial charge in [-0.15, -0.1) is 0 Å². The predicted octanol–water partition coefficient (Wildman–Crippen LogP) is 29.4. The fourth-order valence-electron chi connectivity index (χ4n) is 12.9. The second-order valence-corrected chi connectivity index (χ2v) is 28.2. The molecule has 0 saturated carbocycles. The van der Waals surface area contributed by atoms with Crippen LogP contribution in [0.25, 0.3) is 12.2 Å². The summed E-state index contributed by atoms with van der Waals surface area (Å²) in [4.78, 5) is 13.3. The van der Waals surface area contributed by atoms with Crippen LogP contribution in [0.4, 0.5) is 0 Å². The monoisotopic (exact) mass is 1290 g/mol. The van der Waals surface area contributed by atoms with E-state index in [1.54, 1.807) is 12.2 Å². The van der Waals surface area contributed by atoms with E-state index >= 15 is 0 Å². The number of rotatable bonds is 73. The molecule has 0 aliphatic rings. The Morgan fingerprint density at radius 2 is 0.462 bits per heavy atom. The summed E-state index contributed by atoms with van der Waals surface area (Å²) in [7, 11) is 0. The Morgan fingerprint density at radius 1 is 0.269 bits per heavy atom. The molecule has 0 fully saturated rings. The zero-order chi connectivity index (χ0) is 66.5. The number of hydrogen-bond acceptors (Lipinski definition) is 6. The molecule has 0 aliphatic heterocycles. The van der Waals surface area contributed by atoms with E-state index in [1.165, 1.54) is 372 Å². The fourth-order valence-corrected chi connectivity index (χ4v) is 12.9. The maximum absolute atomic E-state index is 13.3. The van der Waals surface area contributed by atoms with E-state index in [2.05, 4.69) is 27.7 Å². The number of unbranched alkanes of at least 4 members (excludes halogenated alkanes) is 56. The standard InChI is InChI=1S/C87H152O6/c1-5-9-13-17-21-25-29-33-37-41-45-49-53-57-61-73-90-84-71-67-80(77-86(84)92-75-63-59-55-51-47-43-39-35-31-27-23-19-15-11-7-3)65-69-82(88)79-83(89)70-66-81-68-72-85(91-74-62-58-54-50-46-42-38-34-30-26-22-18-14-10-6-2)87(78-81)93-76-64-60-56-52-48-44-40-36-32-28-24-20-16-12-8-4/h65-72,77-79,88H,5-64,73-76H2,1-4H3/b69-65+,70-66+,82-79-. The molecule has 536 valence electrons. The molecule has 6 nitrogen and oxygen atoms in total. The minimum Gasteiger partial charge on any atom is -0.508 e. The highest BCUT2D eigenvalue weighted by Gasteiger charge is 2.10. The molecule has 0 aliphatic carbocycles. The van der Waals surface area contributed by atoms with Crippen molar-refractivity contribution in [3.05, 3.63) is 71.5 Å². The molecule has 2 rings (SSSR count). The van der Waals surface area contributed by atoms with Gasteiger partial charge in [0.05, 0.1) is 26.4 Å². The first-order chi connectivity index (χ1) is 46.0. The second-order valence-electron chi connectivity index (χ2n) is 28.2. The second kappa shape index (κ2) is 68.3. The Morgan fingerprint density at radius 3 is 0.688 bits per heavy atom. The molecule has 0 unspecified atom stereocenters. The van der Waals surface area contributed by atoms with Crippen LogP contribution >= 0.6 is 0 Å². The summed E-state index contributed by atoms with van der Waals surface area (Å²) in [6.07, 6.45) is 88.3. The normalized spacial score (nSPS) is 11.9. The molecule has 1 N–H and O–H groups in total. The molecule has 0 aromatic heterocycles. The highest BCUT2D eigenvalue weighted by atomic mass is 16.5. The smallest absolute Gasteiger partial charge is 0.182 e. The van der Waals surface area contributed by atoms with Crippen LogP contribution < -0.4 is 18.9 Å². The maximum Gasteiger partial charge on any atom is 0.182 e. The van der Waals surface area contributed by atoms with Crippen molar-refractivity contribution in [2.75, 3.05) is 26.4 Å². The number of carbonyl (C=O) groups excluding carboxylic acids is 1. The Kier molecular flexibility index (Phi) is 62.7. The number of hydrogen-bond donors (Lipinski definition) is 1. The van der Waals surface area contributed by atoms with E-state index in [-0.39, 0.29) is 11.5 Å². The molecule has 93 heavy (non-hydrogen) atoms. The van der Waals surface area contributed by atoms with Crippen LogP contribution in [0.15, 0.2) is 60.4 Å². The Labute approximate surface area is 577 Å². The van der Waals surface area contributed by atoms with Crippen LogP contribution in [-0.4, -0.2) is 37.3 Å². The predicted molar refractivity (Wildman–Crippen MR) is 408 cm³/mol. The highest BCUT2D eigenvalue weighted by Crippen LogP contribution is 2.32. The maximum atomic E-state index is 13.3. The van der Waals surface area contributed by atoms with Gasteiger partial charge in [-0.3, -0.25) is 4.79 Å². The summed E-state index contributed by atoms with van der Waals surface area (Å²) >= 11 is 0. The van der Waals surface area contributed by atoms with E-state index in [1.807, 2.05) is 42.5 Å². The van der Waals surface area contributed by atoms with Gasteiger partial charge >= 0.3 is 0 Å². The fraction of sp³-hybridized carbons (Fsp3) is 0.782. The quantitative estimate of drug-likeness (QED) is 0.0308. The number of allylic oxidation sites excluding steroid dienone is 3. The van der Waals surface area contributed by atoms with Crippen LogP contribution in [0, 0.1) is 0 Å². The Balaban J connectivity index is 1.95. The molecule has 0 amide bonds. The lowest BCUT2D eigenvalue weighted by Gasteiger charge is -2.14. The van der Waals surface area contributed by atoms with Crippen molar-refractivity contribution in [3.63, 3.8) is 0 Å². The first-order valence-electron chi connectivity index (χ1n) is 41.1. The largest absolute Gasteiger partial charge is 0.508 e. The zero-order valence-electron chi connectivity index (χ0n) is 62.1. The van der Waals surface area contributed by atoms with E-state index < -0.39 is 0 Å². The van der Waals surface area contributed by atoms with Gasteiger partial charge in [0.15, 0.2) is 28.8 Å². The summed E-state index contributed by atoms with van der Waals surface area (Å²) < 4.78 is 25.7. The minimum absolute atomic E-state index is 0.103. The van der Waals surface area contributed by atoms with Crippen LogP contribution in [0.3, 0.4) is 0 Å². The van der Waals surface area contributed by atoms with Crippen molar-refractivity contribution < 1.29 is 28.8 Å². The SMILES string of the molecule is CCCCCCCCCCCCCCCCCOc1ccc(/C=C/C(=O)/C=C(O)/C=C/c2ccc(OCCCCCCCCCCCCCCCCC)c(OCCCCCCCCCCCCCCCCC)c2)cc1OCCCCCCCCCCCCCCCCC. The van der Waals surface area contributed by atoms with E-state index in [0.29, 0.717) is 26.4 Å². The van der Waals surface area contributed by atoms with Crippen molar-refractivity contribution in [1.82, 2.24) is 0 Å². The van der Waals surface area contributed by atoms with Crippen LogP contribution in [0.5, 0.6) is 23.0 Å². The molecule has 0 radical (unpaired) electrons. The van der Waals surface area contributed by atoms with Crippen LogP contribution in [0.1, 0.15) is 424 Å². The van der Waals surface area contributed by atoms with Crippen LogP contribution in [0.2, 0.25) is 0 Å². The van der Waals surface area contributed by atoms with Gasteiger partial charge in [-0.05, 0) is 73.2 Å². The molecule has 0 heterocycles.